The van der Waals surface area contributed by atoms with E-state index in [4.69, 9.17) is 17.3 Å². The first kappa shape index (κ1) is 14.5. The molecule has 1 aromatic heterocycles. The number of rotatable bonds is 2. The molecule has 0 aliphatic rings. The molecule has 0 spiro atoms. The summed E-state index contributed by atoms with van der Waals surface area (Å²) < 4.78 is 0. The van der Waals surface area contributed by atoms with E-state index in [1.54, 1.807) is 24.4 Å². The molecule has 0 aliphatic carbocycles. The van der Waals surface area contributed by atoms with E-state index in [0.717, 1.165) is 10.4 Å². The number of nitrogens with one attached hydrogen (secondary N) is 1. The number of nitrogens with zero attached hydrogens (tertiary/aromatic N) is 1. The van der Waals surface area contributed by atoms with Crippen LogP contribution in [0.4, 0.5) is 5.13 Å². The Balaban J connectivity index is 2.11. The molecule has 0 saturated carbocycles. The van der Waals surface area contributed by atoms with Gasteiger partial charge in [-0.25, -0.2) is 4.98 Å². The molecule has 1 aromatic carbocycles. The second-order valence-electron chi connectivity index (χ2n) is 3.95. The molecule has 0 radical (unpaired) electrons. The standard InChI is InChI=1S/C14H12ClN3OS/c1-9-4-5-10(7-12(9)15)13(19)18-14-17-8-11(20-14)3-2-6-16/h4-5,7-8H,6,16H2,1H3,(H,17,18,19). The monoisotopic (exact) mass is 305 g/mol. The van der Waals surface area contributed by atoms with Crippen LogP contribution in [-0.2, 0) is 0 Å². The number of nitrogens with two attached hydrogens (primary N) is 1. The normalized spacial score (nSPS) is 9.75. The summed E-state index contributed by atoms with van der Waals surface area (Å²) in [5, 5.41) is 3.77. The Labute approximate surface area is 126 Å². The van der Waals surface area contributed by atoms with E-state index in [1.165, 1.54) is 11.3 Å². The number of hydrogen-bond donors (Lipinski definition) is 2. The maximum atomic E-state index is 12.0. The minimum absolute atomic E-state index is 0.250. The van der Waals surface area contributed by atoms with Crippen LogP contribution < -0.4 is 11.1 Å². The molecule has 0 saturated heterocycles. The van der Waals surface area contributed by atoms with Gasteiger partial charge < -0.3 is 5.73 Å². The summed E-state index contributed by atoms with van der Waals surface area (Å²) in [4.78, 5) is 16.9. The van der Waals surface area contributed by atoms with E-state index < -0.39 is 0 Å². The fraction of sp³-hybridized carbons (Fsp3) is 0.143. The molecular formula is C14H12ClN3OS. The highest BCUT2D eigenvalue weighted by Crippen LogP contribution is 2.20. The number of benzene rings is 1. The fourth-order valence-corrected chi connectivity index (χ4v) is 2.30. The molecule has 1 heterocycles. The molecular weight excluding hydrogens is 294 g/mol. The quantitative estimate of drug-likeness (QED) is 0.838. The zero-order chi connectivity index (χ0) is 14.5. The van der Waals surface area contributed by atoms with Crippen molar-refractivity contribution in [2.45, 2.75) is 6.92 Å². The van der Waals surface area contributed by atoms with Gasteiger partial charge in [0, 0.05) is 10.6 Å². The predicted molar refractivity (Wildman–Crippen MR) is 82.2 cm³/mol. The molecule has 2 aromatic rings. The number of amides is 1. The van der Waals surface area contributed by atoms with Gasteiger partial charge >= 0.3 is 0 Å². The lowest BCUT2D eigenvalue weighted by atomic mass is 10.1. The lowest BCUT2D eigenvalue weighted by molar-refractivity contribution is 0.102. The van der Waals surface area contributed by atoms with Gasteiger partial charge in [0.15, 0.2) is 5.13 Å². The third-order valence-corrected chi connectivity index (χ3v) is 3.71. The van der Waals surface area contributed by atoms with Crippen molar-refractivity contribution in [3.8, 4) is 11.8 Å². The van der Waals surface area contributed by atoms with Gasteiger partial charge in [-0.15, -0.1) is 0 Å². The highest BCUT2D eigenvalue weighted by Gasteiger charge is 2.09. The zero-order valence-corrected chi connectivity index (χ0v) is 12.3. The van der Waals surface area contributed by atoms with Crippen LogP contribution in [-0.4, -0.2) is 17.4 Å². The fourth-order valence-electron chi connectivity index (χ4n) is 1.43. The number of hydrogen-bond acceptors (Lipinski definition) is 4. The first-order chi connectivity index (χ1) is 9.60. The molecule has 1 amide bonds. The summed E-state index contributed by atoms with van der Waals surface area (Å²) in [6, 6.07) is 5.16. The van der Waals surface area contributed by atoms with Crippen LogP contribution in [0.1, 0.15) is 20.8 Å². The van der Waals surface area contributed by atoms with Crippen molar-refractivity contribution < 1.29 is 4.79 Å². The van der Waals surface area contributed by atoms with Crippen LogP contribution in [0.5, 0.6) is 0 Å². The Kier molecular flexibility index (Phi) is 4.74. The average Bonchev–Trinajstić information content (AvgIpc) is 2.87. The lowest BCUT2D eigenvalue weighted by Crippen LogP contribution is -2.11. The number of aromatic nitrogens is 1. The average molecular weight is 306 g/mol. The maximum absolute atomic E-state index is 12.0. The summed E-state index contributed by atoms with van der Waals surface area (Å²) in [5.74, 6) is 5.35. The SMILES string of the molecule is Cc1ccc(C(=O)Nc2ncc(C#CCN)s2)cc1Cl. The second kappa shape index (κ2) is 6.53. The summed E-state index contributed by atoms with van der Waals surface area (Å²) in [6.45, 7) is 2.18. The number of halogens is 1. The van der Waals surface area contributed by atoms with E-state index >= 15 is 0 Å². The highest BCUT2D eigenvalue weighted by atomic mass is 35.5. The molecule has 4 nitrogen and oxygen atoms in total. The Morgan fingerprint density at radius 2 is 2.35 bits per heavy atom. The minimum atomic E-state index is -0.250. The summed E-state index contributed by atoms with van der Waals surface area (Å²) in [7, 11) is 0. The first-order valence-corrected chi connectivity index (χ1v) is 7.02. The van der Waals surface area contributed by atoms with Crippen LogP contribution in [0.25, 0.3) is 0 Å². The van der Waals surface area contributed by atoms with Crippen LogP contribution in [0, 0.1) is 18.8 Å². The van der Waals surface area contributed by atoms with Crippen LogP contribution in [0.2, 0.25) is 5.02 Å². The third kappa shape index (κ3) is 3.58. The third-order valence-electron chi connectivity index (χ3n) is 2.47. The van der Waals surface area contributed by atoms with Crippen molar-refractivity contribution in [2.24, 2.45) is 5.73 Å². The molecule has 0 atom stereocenters. The molecule has 0 aliphatic heterocycles. The summed E-state index contributed by atoms with van der Waals surface area (Å²) >= 11 is 7.30. The zero-order valence-electron chi connectivity index (χ0n) is 10.7. The van der Waals surface area contributed by atoms with Gasteiger partial charge in [-0.1, -0.05) is 40.8 Å². The van der Waals surface area contributed by atoms with Gasteiger partial charge in [0.25, 0.3) is 5.91 Å². The molecule has 2 rings (SSSR count). The Morgan fingerprint density at radius 1 is 1.55 bits per heavy atom. The number of thiazole rings is 1. The molecule has 0 bridgehead atoms. The maximum Gasteiger partial charge on any atom is 0.257 e. The number of aryl methyl sites for hydroxylation is 1. The predicted octanol–water partition coefficient (Wildman–Crippen LogP) is 2.67. The van der Waals surface area contributed by atoms with Crippen molar-refractivity contribution in [1.29, 1.82) is 0 Å². The van der Waals surface area contributed by atoms with E-state index in [0.29, 0.717) is 22.3 Å². The molecule has 3 N–H and O–H groups in total. The highest BCUT2D eigenvalue weighted by molar-refractivity contribution is 7.16. The molecule has 102 valence electrons. The van der Waals surface area contributed by atoms with E-state index in [9.17, 15) is 4.79 Å². The van der Waals surface area contributed by atoms with Crippen LogP contribution >= 0.6 is 22.9 Å². The Morgan fingerprint density at radius 3 is 3.05 bits per heavy atom. The number of carbonyl (C=O) groups is 1. The summed E-state index contributed by atoms with van der Waals surface area (Å²) in [5.41, 5.74) is 6.71. The van der Waals surface area contributed by atoms with Gasteiger partial charge in [-0.3, -0.25) is 10.1 Å². The Bertz CT molecular complexity index is 700. The van der Waals surface area contributed by atoms with Gasteiger partial charge in [-0.2, -0.15) is 0 Å². The van der Waals surface area contributed by atoms with Gasteiger partial charge in [0.1, 0.15) is 0 Å². The minimum Gasteiger partial charge on any atom is -0.320 e. The molecule has 20 heavy (non-hydrogen) atoms. The number of anilines is 1. The topological polar surface area (TPSA) is 68.0 Å². The van der Waals surface area contributed by atoms with Crippen molar-refractivity contribution in [1.82, 2.24) is 4.98 Å². The Hall–Kier alpha value is -1.87. The second-order valence-corrected chi connectivity index (χ2v) is 5.39. The van der Waals surface area contributed by atoms with Crippen LogP contribution in [0.3, 0.4) is 0 Å². The van der Waals surface area contributed by atoms with E-state index in [2.05, 4.69) is 22.1 Å². The van der Waals surface area contributed by atoms with Crippen LogP contribution in [0.15, 0.2) is 24.4 Å². The number of carbonyl (C=O) groups excluding carboxylic acids is 1. The first-order valence-electron chi connectivity index (χ1n) is 5.82. The van der Waals surface area contributed by atoms with E-state index in [1.807, 2.05) is 6.92 Å². The lowest BCUT2D eigenvalue weighted by Gasteiger charge is -2.03. The molecule has 0 fully saturated rings. The summed E-state index contributed by atoms with van der Waals surface area (Å²) in [6.07, 6.45) is 1.60. The van der Waals surface area contributed by atoms with Crippen molar-refractivity contribution in [2.75, 3.05) is 11.9 Å². The molecule has 6 heteroatoms. The van der Waals surface area contributed by atoms with Gasteiger partial charge in [0.2, 0.25) is 0 Å². The van der Waals surface area contributed by atoms with E-state index in [-0.39, 0.29) is 5.91 Å². The van der Waals surface area contributed by atoms with Gasteiger partial charge in [-0.05, 0) is 24.6 Å². The van der Waals surface area contributed by atoms with Gasteiger partial charge in [0.05, 0.1) is 17.6 Å². The van der Waals surface area contributed by atoms with Crippen molar-refractivity contribution in [3.05, 3.63) is 45.4 Å². The van der Waals surface area contributed by atoms with Crippen molar-refractivity contribution in [3.63, 3.8) is 0 Å². The van der Waals surface area contributed by atoms with Crippen molar-refractivity contribution >= 4 is 34.0 Å². The largest absolute Gasteiger partial charge is 0.320 e. The molecule has 0 unspecified atom stereocenters. The smallest absolute Gasteiger partial charge is 0.257 e.